The summed E-state index contributed by atoms with van der Waals surface area (Å²) in [6.07, 6.45) is 7.42. The Labute approximate surface area is 128 Å². The number of nitrogens with zero attached hydrogens (tertiary/aromatic N) is 4. The lowest BCUT2D eigenvalue weighted by molar-refractivity contribution is 0.600. The van der Waals surface area contributed by atoms with E-state index >= 15 is 0 Å². The largest absolute Gasteiger partial charge is 0.610 e. The molecular formula is C14H12N4OS2. The summed E-state index contributed by atoms with van der Waals surface area (Å²) >= 11 is 0.371. The maximum atomic E-state index is 11.7. The van der Waals surface area contributed by atoms with Gasteiger partial charge in [0.2, 0.25) is 0 Å². The summed E-state index contributed by atoms with van der Waals surface area (Å²) in [6.45, 7) is 0. The van der Waals surface area contributed by atoms with Gasteiger partial charge in [0.05, 0.1) is 5.69 Å². The van der Waals surface area contributed by atoms with Crippen molar-refractivity contribution in [2.75, 3.05) is 6.26 Å². The molecule has 3 heterocycles. The normalized spacial score (nSPS) is 16.3. The zero-order valence-corrected chi connectivity index (χ0v) is 12.9. The Hall–Kier alpha value is -1.57. The van der Waals surface area contributed by atoms with E-state index in [1.807, 2.05) is 12.1 Å². The predicted molar refractivity (Wildman–Crippen MR) is 82.7 cm³/mol. The summed E-state index contributed by atoms with van der Waals surface area (Å²) < 4.78 is 13.3. The minimum Gasteiger partial charge on any atom is -0.610 e. The van der Waals surface area contributed by atoms with Crippen LogP contribution in [0.2, 0.25) is 0 Å². The first-order chi connectivity index (χ1) is 10.2. The third-order valence-electron chi connectivity index (χ3n) is 3.41. The molecule has 0 amide bonds. The van der Waals surface area contributed by atoms with Gasteiger partial charge < -0.3 is 4.55 Å². The van der Waals surface area contributed by atoms with Crippen LogP contribution in [0, 0.1) is 0 Å². The molecule has 0 saturated heterocycles. The van der Waals surface area contributed by atoms with E-state index in [9.17, 15) is 4.55 Å². The van der Waals surface area contributed by atoms with Crippen molar-refractivity contribution in [3.8, 4) is 11.4 Å². The van der Waals surface area contributed by atoms with Crippen LogP contribution in [0.4, 0.5) is 0 Å². The van der Waals surface area contributed by atoms with Crippen LogP contribution < -0.4 is 0 Å². The fraction of sp³-hybridized carbons (Fsp3) is 0.286. The topological polar surface area (TPSA) is 74.6 Å². The molecule has 1 unspecified atom stereocenters. The van der Waals surface area contributed by atoms with Gasteiger partial charge in [-0.1, -0.05) is 11.3 Å². The second kappa shape index (κ2) is 5.01. The summed E-state index contributed by atoms with van der Waals surface area (Å²) in [4.78, 5) is 17.7. The van der Waals surface area contributed by atoms with Crippen molar-refractivity contribution < 1.29 is 4.55 Å². The number of rotatable bonds is 3. The highest BCUT2D eigenvalue weighted by atomic mass is 32.2. The van der Waals surface area contributed by atoms with Crippen molar-refractivity contribution in [3.63, 3.8) is 0 Å². The van der Waals surface area contributed by atoms with E-state index in [2.05, 4.69) is 15.0 Å². The monoisotopic (exact) mass is 316 g/mol. The maximum absolute atomic E-state index is 11.7. The molecule has 1 fully saturated rings. The third-order valence-corrected chi connectivity index (χ3v) is 5.81. The smallest absolute Gasteiger partial charge is 0.303 e. The molecule has 3 aromatic rings. The minimum atomic E-state index is -1.08. The molecule has 0 bridgehead atoms. The first kappa shape index (κ1) is 13.1. The number of aromatic nitrogens is 4. The summed E-state index contributed by atoms with van der Waals surface area (Å²) in [5.74, 6) is 1.17. The van der Waals surface area contributed by atoms with E-state index in [4.69, 9.17) is 4.98 Å². The van der Waals surface area contributed by atoms with Crippen LogP contribution in [0.5, 0.6) is 0 Å². The minimum absolute atomic E-state index is 0.495. The summed E-state index contributed by atoms with van der Waals surface area (Å²) in [6, 6.07) is 3.78. The van der Waals surface area contributed by atoms with Crippen LogP contribution in [0.25, 0.3) is 21.7 Å². The van der Waals surface area contributed by atoms with Gasteiger partial charge in [-0.25, -0.2) is 9.97 Å². The van der Waals surface area contributed by atoms with E-state index < -0.39 is 11.2 Å². The second-order valence-corrected chi connectivity index (χ2v) is 7.58. The number of hydrogen-bond acceptors (Lipinski definition) is 6. The molecule has 0 aliphatic heterocycles. The predicted octanol–water partition coefficient (Wildman–Crippen LogP) is 2.76. The lowest BCUT2D eigenvalue weighted by Crippen LogP contribution is -1.97. The number of thiazole rings is 1. The zero-order valence-electron chi connectivity index (χ0n) is 11.3. The number of pyridine rings is 1. The highest BCUT2D eigenvalue weighted by molar-refractivity contribution is 7.92. The van der Waals surface area contributed by atoms with Crippen LogP contribution >= 0.6 is 11.3 Å². The molecule has 1 atom stereocenters. The molecular weight excluding hydrogens is 304 g/mol. The van der Waals surface area contributed by atoms with Crippen molar-refractivity contribution >= 4 is 32.9 Å². The van der Waals surface area contributed by atoms with Crippen LogP contribution in [0.15, 0.2) is 28.9 Å². The van der Waals surface area contributed by atoms with Gasteiger partial charge in [0.15, 0.2) is 11.5 Å². The van der Waals surface area contributed by atoms with Crippen molar-refractivity contribution in [2.24, 2.45) is 0 Å². The van der Waals surface area contributed by atoms with Crippen LogP contribution in [0.1, 0.15) is 24.5 Å². The van der Waals surface area contributed by atoms with E-state index in [-0.39, 0.29) is 0 Å². The average Bonchev–Trinajstić information content (AvgIpc) is 3.25. The van der Waals surface area contributed by atoms with Gasteiger partial charge in [0.1, 0.15) is 11.0 Å². The first-order valence-electron chi connectivity index (χ1n) is 6.64. The molecule has 0 spiro atoms. The van der Waals surface area contributed by atoms with Crippen molar-refractivity contribution in [1.82, 2.24) is 19.9 Å². The molecule has 1 saturated carbocycles. The Morgan fingerprint density at radius 3 is 2.62 bits per heavy atom. The highest BCUT2D eigenvalue weighted by Crippen LogP contribution is 2.44. The van der Waals surface area contributed by atoms with Crippen LogP contribution in [-0.2, 0) is 11.2 Å². The fourth-order valence-corrected chi connectivity index (χ4v) is 3.95. The molecule has 0 N–H and O–H groups in total. The Bertz CT molecular complexity index is 799. The Morgan fingerprint density at radius 2 is 1.95 bits per heavy atom. The summed E-state index contributed by atoms with van der Waals surface area (Å²) in [5, 5.41) is 0. The highest BCUT2D eigenvalue weighted by Gasteiger charge is 2.30. The standard InChI is InChI=1S/C14H12N4OS2/c1-21(19)14-18-13-11(20-14)10(8-2-3-8)16-12(17-13)9-4-6-15-7-5-9/h4-8H,2-3H2,1H3. The Kier molecular flexibility index (Phi) is 3.13. The van der Waals surface area contributed by atoms with E-state index in [1.54, 1.807) is 18.6 Å². The van der Waals surface area contributed by atoms with Gasteiger partial charge in [0.25, 0.3) is 0 Å². The molecule has 3 aromatic heterocycles. The third kappa shape index (κ3) is 2.41. The Morgan fingerprint density at radius 1 is 1.19 bits per heavy atom. The van der Waals surface area contributed by atoms with Crippen molar-refractivity contribution in [2.45, 2.75) is 23.1 Å². The zero-order chi connectivity index (χ0) is 14.4. The van der Waals surface area contributed by atoms with Gasteiger partial charge in [-0.2, -0.15) is 4.98 Å². The second-order valence-electron chi connectivity index (χ2n) is 5.03. The van der Waals surface area contributed by atoms with E-state index in [0.717, 1.165) is 28.8 Å². The number of hydrogen-bond donors (Lipinski definition) is 0. The molecule has 1 aliphatic rings. The van der Waals surface area contributed by atoms with Gasteiger partial charge >= 0.3 is 4.34 Å². The molecule has 7 heteroatoms. The maximum Gasteiger partial charge on any atom is 0.303 e. The first-order valence-corrected chi connectivity index (χ1v) is 9.02. The van der Waals surface area contributed by atoms with Gasteiger partial charge in [0, 0.05) is 35.1 Å². The lowest BCUT2D eigenvalue weighted by atomic mass is 10.2. The molecule has 1 aliphatic carbocycles. The molecule has 4 rings (SSSR count). The molecule has 5 nitrogen and oxygen atoms in total. The molecule has 0 radical (unpaired) electrons. The molecule has 0 aromatic carbocycles. The quantitative estimate of drug-likeness (QED) is 0.695. The number of fused-ring (bicyclic) bond motifs is 1. The van der Waals surface area contributed by atoms with Crippen LogP contribution in [-0.4, -0.2) is 30.7 Å². The molecule has 106 valence electrons. The fourth-order valence-electron chi connectivity index (χ4n) is 2.21. The van der Waals surface area contributed by atoms with Gasteiger partial charge in [-0.05, 0) is 25.0 Å². The van der Waals surface area contributed by atoms with Crippen LogP contribution in [0.3, 0.4) is 0 Å². The summed E-state index contributed by atoms with van der Waals surface area (Å²) in [5.41, 5.74) is 2.65. The molecule has 21 heavy (non-hydrogen) atoms. The van der Waals surface area contributed by atoms with Gasteiger partial charge in [-0.3, -0.25) is 4.98 Å². The average molecular weight is 316 g/mol. The SMILES string of the molecule is C[S+]([O-])c1nc2nc(-c3ccncc3)nc(C3CC3)c2s1. The Balaban J connectivity index is 1.93. The lowest BCUT2D eigenvalue weighted by Gasteiger charge is -2.03. The van der Waals surface area contributed by atoms with Crippen molar-refractivity contribution in [1.29, 1.82) is 0 Å². The van der Waals surface area contributed by atoms with E-state index in [1.165, 1.54) is 11.3 Å². The van der Waals surface area contributed by atoms with Crippen molar-refractivity contribution in [3.05, 3.63) is 30.2 Å². The van der Waals surface area contributed by atoms with E-state index in [0.29, 0.717) is 21.7 Å². The van der Waals surface area contributed by atoms with Gasteiger partial charge in [-0.15, -0.1) is 0 Å². The summed E-state index contributed by atoms with van der Waals surface area (Å²) in [7, 11) is 0.